The largest absolute Gasteiger partial charge is 0.480 e. The molecule has 1 heterocycles. The zero-order valence-corrected chi connectivity index (χ0v) is 6.53. The number of hydrogen-bond donors (Lipinski definition) is 1. The van der Waals surface area contributed by atoms with Crippen LogP contribution >= 0.6 is 0 Å². The summed E-state index contributed by atoms with van der Waals surface area (Å²) in [5.41, 5.74) is 0. The molecule has 1 rings (SSSR count). The van der Waals surface area contributed by atoms with Gasteiger partial charge in [-0.2, -0.15) is 0 Å². The predicted octanol–water partition coefficient (Wildman–Crippen LogP) is -1.23. The van der Waals surface area contributed by atoms with Gasteiger partial charge in [-0.15, -0.1) is 0 Å². The van der Waals surface area contributed by atoms with Gasteiger partial charge < -0.3 is 9.92 Å². The summed E-state index contributed by atoms with van der Waals surface area (Å²) in [6.07, 6.45) is 0. The van der Waals surface area contributed by atoms with Gasteiger partial charge in [0.15, 0.2) is 7.98 Å². The minimum Gasteiger partial charge on any atom is -0.480 e. The summed E-state index contributed by atoms with van der Waals surface area (Å²) in [5.74, 6) is -0.803. The molecule has 0 aromatic heterocycles. The van der Waals surface area contributed by atoms with Crippen molar-refractivity contribution in [1.82, 2.24) is 9.71 Å². The van der Waals surface area contributed by atoms with Crippen molar-refractivity contribution >= 4 is 14.0 Å². The fourth-order valence-electron chi connectivity index (χ4n) is 1.16. The third kappa shape index (κ3) is 1.94. The summed E-state index contributed by atoms with van der Waals surface area (Å²) in [4.78, 5) is 13.9. The highest BCUT2D eigenvalue weighted by atomic mass is 16.4. The van der Waals surface area contributed by atoms with Gasteiger partial charge in [-0.05, 0) is 13.6 Å². The Bertz CT molecular complexity index is 165. The fraction of sp³-hybridized carbons (Fsp3) is 0.833. The lowest BCUT2D eigenvalue weighted by atomic mass is 10.1. The van der Waals surface area contributed by atoms with Crippen molar-refractivity contribution in [2.24, 2.45) is 0 Å². The third-order valence-corrected chi connectivity index (χ3v) is 1.96. The Balaban J connectivity index is 2.54. The Hall–Kier alpha value is -0.545. The number of likely N-dealkylation sites (N-methyl/N-ethyl adjacent to an activating group) is 1. The average Bonchev–Trinajstić information content (AvgIpc) is 1.94. The highest BCUT2D eigenvalue weighted by molar-refractivity contribution is 6.04. The number of nitrogens with zero attached hydrogens (tertiary/aromatic N) is 2. The molecular weight excluding hydrogens is 143 g/mol. The molecule has 0 amide bonds. The van der Waals surface area contributed by atoms with Crippen LogP contribution in [-0.4, -0.2) is 61.5 Å². The molecule has 1 fully saturated rings. The van der Waals surface area contributed by atoms with Crippen molar-refractivity contribution < 1.29 is 9.90 Å². The van der Waals surface area contributed by atoms with E-state index in [-0.39, 0.29) is 0 Å². The van der Waals surface area contributed by atoms with Crippen molar-refractivity contribution in [2.75, 3.05) is 26.7 Å². The summed E-state index contributed by atoms with van der Waals surface area (Å²) in [6, 6.07) is -0.450. The maximum atomic E-state index is 10.6. The third-order valence-electron chi connectivity index (χ3n) is 1.96. The van der Waals surface area contributed by atoms with Gasteiger partial charge in [0.25, 0.3) is 0 Å². The van der Waals surface area contributed by atoms with E-state index in [1.165, 1.54) is 0 Å². The van der Waals surface area contributed by atoms with Crippen LogP contribution in [0.1, 0.15) is 0 Å². The smallest absolute Gasteiger partial charge is 0.322 e. The van der Waals surface area contributed by atoms with E-state index in [1.54, 1.807) is 16.8 Å². The van der Waals surface area contributed by atoms with E-state index < -0.39 is 12.0 Å². The van der Waals surface area contributed by atoms with Gasteiger partial charge in [0, 0.05) is 13.1 Å². The molecule has 11 heavy (non-hydrogen) atoms. The molecule has 0 aliphatic carbocycles. The predicted molar refractivity (Wildman–Crippen MR) is 41.4 cm³/mol. The topological polar surface area (TPSA) is 43.8 Å². The van der Waals surface area contributed by atoms with Crippen LogP contribution in [0.4, 0.5) is 0 Å². The Morgan fingerprint density at radius 1 is 1.64 bits per heavy atom. The van der Waals surface area contributed by atoms with Crippen molar-refractivity contribution in [1.29, 1.82) is 0 Å². The van der Waals surface area contributed by atoms with Crippen LogP contribution in [-0.2, 0) is 4.79 Å². The van der Waals surface area contributed by atoms with Gasteiger partial charge in [0.2, 0.25) is 0 Å². The minimum atomic E-state index is -0.803. The Morgan fingerprint density at radius 2 is 2.27 bits per heavy atom. The van der Waals surface area contributed by atoms with E-state index in [2.05, 4.69) is 0 Å². The first-order chi connectivity index (χ1) is 5.11. The molecule has 1 aliphatic heterocycles. The Kier molecular flexibility index (Phi) is 2.51. The minimum absolute atomic E-state index is 0.409. The van der Waals surface area contributed by atoms with Crippen molar-refractivity contribution in [3.8, 4) is 0 Å². The second-order valence-corrected chi connectivity index (χ2v) is 2.83. The molecule has 1 aliphatic rings. The van der Waals surface area contributed by atoms with Crippen LogP contribution in [0.5, 0.6) is 0 Å². The first-order valence-electron chi connectivity index (χ1n) is 3.54. The molecule has 1 N–H and O–H groups in total. The molecule has 5 heteroatoms. The summed E-state index contributed by atoms with van der Waals surface area (Å²) < 4.78 is 0. The van der Waals surface area contributed by atoms with Gasteiger partial charge in [-0.25, -0.2) is 0 Å². The highest BCUT2D eigenvalue weighted by Gasteiger charge is 2.27. The fourth-order valence-corrected chi connectivity index (χ4v) is 1.16. The lowest BCUT2D eigenvalue weighted by molar-refractivity contribution is -0.144. The van der Waals surface area contributed by atoms with Crippen LogP contribution in [0, 0.1) is 0 Å². The van der Waals surface area contributed by atoms with E-state index in [0.717, 1.165) is 6.54 Å². The zero-order valence-electron chi connectivity index (χ0n) is 6.53. The van der Waals surface area contributed by atoms with Gasteiger partial charge in [-0.3, -0.25) is 9.69 Å². The van der Waals surface area contributed by atoms with Gasteiger partial charge in [0.05, 0.1) is 0 Å². The van der Waals surface area contributed by atoms with E-state index in [1.807, 2.05) is 0 Å². The molecule has 0 unspecified atom stereocenters. The monoisotopic (exact) mass is 154 g/mol. The Morgan fingerprint density at radius 3 is 2.73 bits per heavy atom. The van der Waals surface area contributed by atoms with Crippen LogP contribution in [0.3, 0.4) is 0 Å². The number of piperazine rings is 1. The lowest BCUT2D eigenvalue weighted by Gasteiger charge is -2.35. The number of aliphatic carboxylic acids is 1. The van der Waals surface area contributed by atoms with Gasteiger partial charge in [0.1, 0.15) is 6.04 Å². The quantitative estimate of drug-likeness (QED) is 0.480. The molecule has 60 valence electrons. The van der Waals surface area contributed by atoms with Crippen molar-refractivity contribution in [3.05, 3.63) is 0 Å². The van der Waals surface area contributed by atoms with Crippen LogP contribution in [0.2, 0.25) is 0 Å². The number of carboxylic acid groups (broad SMARTS) is 1. The molecule has 2 radical (unpaired) electrons. The van der Waals surface area contributed by atoms with Crippen molar-refractivity contribution in [2.45, 2.75) is 6.04 Å². The number of carboxylic acids is 1. The molecular formula is C6H11BN2O2. The molecule has 0 saturated carbocycles. The number of rotatable bonds is 1. The summed E-state index contributed by atoms with van der Waals surface area (Å²) in [7, 11) is 7.27. The van der Waals surface area contributed by atoms with Crippen LogP contribution < -0.4 is 0 Å². The molecule has 0 spiro atoms. The molecule has 4 nitrogen and oxygen atoms in total. The summed E-state index contributed by atoms with van der Waals surface area (Å²) in [6.45, 7) is 1.86. The average molecular weight is 154 g/mol. The first-order valence-corrected chi connectivity index (χ1v) is 3.54. The molecule has 1 saturated heterocycles. The molecule has 1 atom stereocenters. The molecule has 0 aromatic rings. The number of carbonyl (C=O) groups is 1. The maximum Gasteiger partial charge on any atom is 0.322 e. The maximum absolute atomic E-state index is 10.6. The summed E-state index contributed by atoms with van der Waals surface area (Å²) >= 11 is 0. The zero-order chi connectivity index (χ0) is 8.43. The second kappa shape index (κ2) is 3.23. The van der Waals surface area contributed by atoms with E-state index in [4.69, 9.17) is 13.1 Å². The van der Waals surface area contributed by atoms with E-state index in [9.17, 15) is 4.79 Å². The highest BCUT2D eigenvalue weighted by Crippen LogP contribution is 2.04. The Labute approximate surface area is 67.2 Å². The number of hydrogen-bond acceptors (Lipinski definition) is 3. The normalized spacial score (nSPS) is 28.6. The van der Waals surface area contributed by atoms with Crippen molar-refractivity contribution in [3.63, 3.8) is 0 Å². The first kappa shape index (κ1) is 8.55. The van der Waals surface area contributed by atoms with Crippen LogP contribution in [0.25, 0.3) is 0 Å². The van der Waals surface area contributed by atoms with Gasteiger partial charge in [-0.1, -0.05) is 0 Å². The lowest BCUT2D eigenvalue weighted by Crippen LogP contribution is -2.53. The van der Waals surface area contributed by atoms with E-state index in [0.29, 0.717) is 13.1 Å². The molecule has 0 bridgehead atoms. The standard InChI is InChI=1S/C6H11BN2O2/c1-8-2-3-9(7)4-5(8)6(10)11/h5H,2-4H2,1H3,(H,10,11)/t5-/m0/s1. The van der Waals surface area contributed by atoms with Crippen LogP contribution in [0.15, 0.2) is 0 Å². The summed E-state index contributed by atoms with van der Waals surface area (Å²) in [5, 5.41) is 8.70. The SMILES string of the molecule is [B]N1CCN(C)[C@H](C(=O)O)C1. The van der Waals surface area contributed by atoms with E-state index >= 15 is 0 Å². The van der Waals surface area contributed by atoms with Gasteiger partial charge >= 0.3 is 5.97 Å². The second-order valence-electron chi connectivity index (χ2n) is 2.83. The molecule has 0 aromatic carbocycles.